The maximum Gasteiger partial charge on any atom is 0.357 e. The van der Waals surface area contributed by atoms with Crippen molar-refractivity contribution in [1.29, 1.82) is 0 Å². The number of hydrazine groups is 2. The number of nitrogens with one attached hydrogen (secondary N) is 2. The Bertz CT molecular complexity index is 341. The lowest BCUT2D eigenvalue weighted by molar-refractivity contribution is 0.0240. The molecule has 0 radical (unpaired) electrons. The van der Waals surface area contributed by atoms with E-state index in [4.69, 9.17) is 11.7 Å². The highest BCUT2D eigenvalue weighted by molar-refractivity contribution is 5.93. The van der Waals surface area contributed by atoms with E-state index in [0.29, 0.717) is 0 Å². The van der Waals surface area contributed by atoms with Crippen LogP contribution in [0.5, 0.6) is 0 Å². The summed E-state index contributed by atoms with van der Waals surface area (Å²) < 4.78 is 0. The Kier molecular flexibility index (Phi) is 4.36. The Hall–Kier alpha value is -2.00. The van der Waals surface area contributed by atoms with Crippen molar-refractivity contribution in [3.05, 3.63) is 35.4 Å². The fraction of sp³-hybridized carbons (Fsp3) is 0. The molecule has 1 aromatic carbocycles. The standard InChI is InChI=1S/C8H10N4O4/c9-11-15-7(13)5-1-2-6(4-3-5)8(14)16-12-10/h1-4,11-12H,9-10H2. The highest BCUT2D eigenvalue weighted by Crippen LogP contribution is 2.06. The zero-order valence-corrected chi connectivity index (χ0v) is 8.10. The minimum Gasteiger partial charge on any atom is -0.351 e. The maximum atomic E-state index is 11.1. The Labute approximate surface area is 90.3 Å². The first kappa shape index (κ1) is 12.1. The molecule has 0 aliphatic carbocycles. The average molecular weight is 226 g/mol. The Morgan fingerprint density at radius 1 is 0.875 bits per heavy atom. The van der Waals surface area contributed by atoms with Crippen LogP contribution in [0.3, 0.4) is 0 Å². The Balaban J connectivity index is 2.75. The number of hydrogen-bond acceptors (Lipinski definition) is 8. The maximum absolute atomic E-state index is 11.1. The van der Waals surface area contributed by atoms with Crippen LogP contribution in [0, 0.1) is 0 Å². The zero-order valence-electron chi connectivity index (χ0n) is 8.10. The van der Waals surface area contributed by atoms with E-state index in [1.54, 1.807) is 11.2 Å². The fourth-order valence-electron chi connectivity index (χ4n) is 0.967. The lowest BCUT2D eigenvalue weighted by Crippen LogP contribution is -2.27. The van der Waals surface area contributed by atoms with Gasteiger partial charge < -0.3 is 9.68 Å². The summed E-state index contributed by atoms with van der Waals surface area (Å²) in [5, 5.41) is 0. The summed E-state index contributed by atoms with van der Waals surface area (Å²) in [5.41, 5.74) is 3.98. The monoisotopic (exact) mass is 226 g/mol. The molecule has 86 valence electrons. The molecule has 0 bridgehead atoms. The fourth-order valence-corrected chi connectivity index (χ4v) is 0.967. The molecular weight excluding hydrogens is 216 g/mol. The molecular formula is C8H10N4O4. The van der Waals surface area contributed by atoms with Crippen LogP contribution in [0.15, 0.2) is 24.3 Å². The topological polar surface area (TPSA) is 129 Å². The van der Waals surface area contributed by atoms with Crippen LogP contribution in [0.1, 0.15) is 20.7 Å². The summed E-state index contributed by atoms with van der Waals surface area (Å²) in [7, 11) is 0. The Morgan fingerprint density at radius 2 is 1.19 bits per heavy atom. The van der Waals surface area contributed by atoms with Crippen molar-refractivity contribution in [3.8, 4) is 0 Å². The molecule has 1 rings (SSSR count). The SMILES string of the molecule is NNOC(=O)c1ccc(C(=O)ONN)cc1. The largest absolute Gasteiger partial charge is 0.357 e. The molecule has 1 aromatic rings. The normalized spacial score (nSPS) is 9.62. The molecule has 16 heavy (non-hydrogen) atoms. The van der Waals surface area contributed by atoms with Gasteiger partial charge in [-0.1, -0.05) is 11.2 Å². The van der Waals surface area contributed by atoms with Crippen LogP contribution >= 0.6 is 0 Å². The van der Waals surface area contributed by atoms with Gasteiger partial charge in [0.2, 0.25) is 0 Å². The minimum absolute atomic E-state index is 0.232. The van der Waals surface area contributed by atoms with Crippen LogP contribution < -0.4 is 22.9 Å². The second-order valence-electron chi connectivity index (χ2n) is 2.59. The van der Waals surface area contributed by atoms with E-state index in [2.05, 4.69) is 9.68 Å². The summed E-state index contributed by atoms with van der Waals surface area (Å²) in [6.07, 6.45) is 0. The van der Waals surface area contributed by atoms with Gasteiger partial charge in [0.25, 0.3) is 0 Å². The van der Waals surface area contributed by atoms with Gasteiger partial charge >= 0.3 is 11.9 Å². The van der Waals surface area contributed by atoms with Crippen molar-refractivity contribution in [2.24, 2.45) is 11.7 Å². The molecule has 0 aromatic heterocycles. The van der Waals surface area contributed by atoms with Gasteiger partial charge in [0.05, 0.1) is 11.1 Å². The Morgan fingerprint density at radius 3 is 1.44 bits per heavy atom. The first-order valence-electron chi connectivity index (χ1n) is 4.12. The number of nitrogens with two attached hydrogens (primary N) is 2. The molecule has 0 unspecified atom stereocenters. The summed E-state index contributed by atoms with van der Waals surface area (Å²) >= 11 is 0. The molecule has 0 aliphatic heterocycles. The zero-order chi connectivity index (χ0) is 12.0. The predicted octanol–water partition coefficient (Wildman–Crippen LogP) is -1.24. The van der Waals surface area contributed by atoms with Gasteiger partial charge in [0, 0.05) is 0 Å². The van der Waals surface area contributed by atoms with Gasteiger partial charge in [-0.15, -0.1) is 0 Å². The van der Waals surface area contributed by atoms with Crippen molar-refractivity contribution in [1.82, 2.24) is 11.2 Å². The van der Waals surface area contributed by atoms with E-state index in [0.717, 1.165) is 0 Å². The van der Waals surface area contributed by atoms with Crippen LogP contribution in [0.2, 0.25) is 0 Å². The quantitative estimate of drug-likeness (QED) is 0.370. The van der Waals surface area contributed by atoms with Crippen molar-refractivity contribution in [3.63, 3.8) is 0 Å². The number of benzene rings is 1. The van der Waals surface area contributed by atoms with E-state index in [9.17, 15) is 9.59 Å². The van der Waals surface area contributed by atoms with Crippen molar-refractivity contribution in [2.45, 2.75) is 0 Å². The van der Waals surface area contributed by atoms with E-state index >= 15 is 0 Å². The van der Waals surface area contributed by atoms with E-state index in [-0.39, 0.29) is 11.1 Å². The number of carbonyl (C=O) groups is 2. The van der Waals surface area contributed by atoms with Gasteiger partial charge in [-0.2, -0.15) is 0 Å². The highest BCUT2D eigenvalue weighted by Gasteiger charge is 2.10. The van der Waals surface area contributed by atoms with Crippen LogP contribution in [-0.2, 0) is 9.68 Å². The minimum atomic E-state index is -0.667. The molecule has 0 spiro atoms. The summed E-state index contributed by atoms with van der Waals surface area (Å²) in [6.45, 7) is 0. The van der Waals surface area contributed by atoms with Gasteiger partial charge in [-0.3, -0.25) is 0 Å². The molecule has 0 aliphatic rings. The van der Waals surface area contributed by atoms with Crippen molar-refractivity contribution < 1.29 is 19.3 Å². The predicted molar refractivity (Wildman–Crippen MR) is 51.9 cm³/mol. The van der Waals surface area contributed by atoms with E-state index in [1.165, 1.54) is 24.3 Å². The second kappa shape index (κ2) is 5.78. The summed E-state index contributed by atoms with van der Waals surface area (Å²) in [4.78, 5) is 30.9. The number of hydrogen-bond donors (Lipinski definition) is 4. The van der Waals surface area contributed by atoms with Crippen molar-refractivity contribution in [2.75, 3.05) is 0 Å². The molecule has 8 nitrogen and oxygen atoms in total. The molecule has 0 amide bonds. The van der Waals surface area contributed by atoms with Crippen LogP contribution in [-0.4, -0.2) is 11.9 Å². The number of rotatable bonds is 4. The summed E-state index contributed by atoms with van der Waals surface area (Å²) in [5.74, 6) is 8.26. The van der Waals surface area contributed by atoms with Gasteiger partial charge in [-0.05, 0) is 24.3 Å². The smallest absolute Gasteiger partial charge is 0.351 e. The number of carbonyl (C=O) groups excluding carboxylic acids is 2. The molecule has 0 saturated carbocycles. The van der Waals surface area contributed by atoms with E-state index in [1.807, 2.05) is 0 Å². The first-order chi connectivity index (χ1) is 7.69. The molecule has 0 fully saturated rings. The average Bonchev–Trinajstić information content (AvgIpc) is 2.30. The third-order valence-corrected chi connectivity index (χ3v) is 1.66. The molecule has 0 saturated heterocycles. The first-order valence-corrected chi connectivity index (χ1v) is 4.12. The lowest BCUT2D eigenvalue weighted by Gasteiger charge is -2.03. The highest BCUT2D eigenvalue weighted by atomic mass is 16.7. The van der Waals surface area contributed by atoms with Crippen LogP contribution in [0.4, 0.5) is 0 Å². The van der Waals surface area contributed by atoms with Gasteiger partial charge in [-0.25, -0.2) is 21.3 Å². The van der Waals surface area contributed by atoms with Gasteiger partial charge in [0.1, 0.15) is 0 Å². The van der Waals surface area contributed by atoms with Crippen molar-refractivity contribution >= 4 is 11.9 Å². The van der Waals surface area contributed by atoms with E-state index < -0.39 is 11.9 Å². The third-order valence-electron chi connectivity index (χ3n) is 1.66. The van der Waals surface area contributed by atoms with Crippen LogP contribution in [0.25, 0.3) is 0 Å². The molecule has 6 N–H and O–H groups in total. The third kappa shape index (κ3) is 3.00. The summed E-state index contributed by atoms with van der Waals surface area (Å²) in [6, 6.07) is 5.53. The van der Waals surface area contributed by atoms with Gasteiger partial charge in [0.15, 0.2) is 0 Å². The molecule has 0 heterocycles. The lowest BCUT2D eigenvalue weighted by atomic mass is 10.1. The molecule has 0 atom stereocenters. The second-order valence-corrected chi connectivity index (χ2v) is 2.59. The molecule has 8 heteroatoms.